The van der Waals surface area contributed by atoms with E-state index in [1.807, 2.05) is 0 Å². The summed E-state index contributed by atoms with van der Waals surface area (Å²) >= 11 is 0. The van der Waals surface area contributed by atoms with Gasteiger partial charge >= 0.3 is 0 Å². The molecular weight excluding hydrogens is 208 g/mol. The second kappa shape index (κ2) is 5.26. The minimum atomic E-state index is -0.0690. The molecule has 1 aromatic heterocycles. The lowest BCUT2D eigenvalue weighted by atomic mass is 9.97. The van der Waals surface area contributed by atoms with Crippen LogP contribution in [0.25, 0.3) is 0 Å². The van der Waals surface area contributed by atoms with Crippen molar-refractivity contribution >= 4 is 0 Å². The molecule has 0 aromatic carbocycles. The minimum absolute atomic E-state index is 0.0690. The summed E-state index contributed by atoms with van der Waals surface area (Å²) in [5.74, 6) is 0.693. The summed E-state index contributed by atoms with van der Waals surface area (Å²) in [7, 11) is 0. The van der Waals surface area contributed by atoms with E-state index in [4.69, 9.17) is 5.73 Å². The van der Waals surface area contributed by atoms with Crippen LogP contribution in [0.5, 0.6) is 0 Å². The van der Waals surface area contributed by atoms with E-state index < -0.39 is 0 Å². The summed E-state index contributed by atoms with van der Waals surface area (Å²) in [6, 6.07) is 2.32. The maximum atomic E-state index is 6.05. The highest BCUT2D eigenvalue weighted by Crippen LogP contribution is 2.20. The average molecular weight is 236 g/mol. The van der Waals surface area contributed by atoms with Crippen LogP contribution in [-0.4, -0.2) is 10.1 Å². The first-order chi connectivity index (χ1) is 7.70. The number of aromatic nitrogens is 1. The van der Waals surface area contributed by atoms with E-state index >= 15 is 0 Å². The van der Waals surface area contributed by atoms with Crippen LogP contribution in [0, 0.1) is 19.8 Å². The normalized spacial score (nSPS) is 12.5. The molecule has 0 amide bonds. The van der Waals surface area contributed by atoms with Gasteiger partial charge in [-0.15, -0.1) is 0 Å². The van der Waals surface area contributed by atoms with Crippen molar-refractivity contribution in [1.29, 1.82) is 0 Å². The summed E-state index contributed by atoms with van der Waals surface area (Å²) in [6.07, 6.45) is 2.13. The second-order valence-corrected chi connectivity index (χ2v) is 6.39. The Bertz CT molecular complexity index is 367. The van der Waals surface area contributed by atoms with Gasteiger partial charge in [-0.2, -0.15) is 0 Å². The Morgan fingerprint density at radius 3 is 2.35 bits per heavy atom. The lowest BCUT2D eigenvalue weighted by Gasteiger charge is -2.18. The molecular formula is C15H28N2. The Hall–Kier alpha value is -0.760. The molecule has 1 heterocycles. The molecule has 0 saturated heterocycles. The Balaban J connectivity index is 2.81. The maximum absolute atomic E-state index is 6.05. The van der Waals surface area contributed by atoms with Gasteiger partial charge in [0.25, 0.3) is 0 Å². The van der Waals surface area contributed by atoms with Gasteiger partial charge in [0.05, 0.1) is 0 Å². The van der Waals surface area contributed by atoms with Crippen LogP contribution in [0.15, 0.2) is 6.07 Å². The predicted molar refractivity (Wildman–Crippen MR) is 75.3 cm³/mol. The topological polar surface area (TPSA) is 30.9 Å². The summed E-state index contributed by atoms with van der Waals surface area (Å²) in [5.41, 5.74) is 10.2. The summed E-state index contributed by atoms with van der Waals surface area (Å²) in [4.78, 5) is 0. The molecule has 1 aromatic rings. The van der Waals surface area contributed by atoms with Gasteiger partial charge in [0, 0.05) is 23.5 Å². The highest BCUT2D eigenvalue weighted by Gasteiger charge is 2.14. The van der Waals surface area contributed by atoms with E-state index in [1.165, 1.54) is 17.0 Å². The molecule has 0 aliphatic rings. The van der Waals surface area contributed by atoms with Crippen LogP contribution in [-0.2, 0) is 13.0 Å². The van der Waals surface area contributed by atoms with E-state index in [0.29, 0.717) is 5.92 Å². The summed E-state index contributed by atoms with van der Waals surface area (Å²) in [5, 5.41) is 0. The van der Waals surface area contributed by atoms with E-state index in [1.54, 1.807) is 0 Å². The molecule has 2 heteroatoms. The number of hydrogen-bond donors (Lipinski definition) is 1. The van der Waals surface area contributed by atoms with Gasteiger partial charge in [0.1, 0.15) is 0 Å². The monoisotopic (exact) mass is 236 g/mol. The standard InChI is InChI=1S/C15H28N2/c1-11(2)10-17-12(3)9-14(13(17)4)7-8-15(5,6)16/h9,11H,7-8,10,16H2,1-6H3. The van der Waals surface area contributed by atoms with Crippen LogP contribution in [0.4, 0.5) is 0 Å². The molecule has 98 valence electrons. The van der Waals surface area contributed by atoms with Crippen molar-refractivity contribution in [2.24, 2.45) is 11.7 Å². The molecule has 0 unspecified atom stereocenters. The second-order valence-electron chi connectivity index (χ2n) is 6.39. The number of hydrogen-bond acceptors (Lipinski definition) is 1. The Morgan fingerprint density at radius 2 is 1.88 bits per heavy atom. The molecule has 1 rings (SSSR count). The van der Waals surface area contributed by atoms with Crippen molar-refractivity contribution in [3.63, 3.8) is 0 Å². The molecule has 0 radical (unpaired) electrons. The van der Waals surface area contributed by atoms with Gasteiger partial charge in [0.2, 0.25) is 0 Å². The fourth-order valence-corrected chi connectivity index (χ4v) is 2.23. The van der Waals surface area contributed by atoms with Crippen molar-refractivity contribution in [3.05, 3.63) is 23.0 Å². The van der Waals surface area contributed by atoms with Gasteiger partial charge in [-0.25, -0.2) is 0 Å². The minimum Gasteiger partial charge on any atom is -0.349 e. The number of nitrogens with two attached hydrogens (primary N) is 1. The Morgan fingerprint density at radius 1 is 1.29 bits per heavy atom. The Labute approximate surface area is 106 Å². The first-order valence-corrected chi connectivity index (χ1v) is 6.65. The number of rotatable bonds is 5. The van der Waals surface area contributed by atoms with Gasteiger partial charge in [-0.1, -0.05) is 13.8 Å². The molecule has 0 saturated carbocycles. The third-order valence-corrected chi connectivity index (χ3v) is 3.26. The highest BCUT2D eigenvalue weighted by atomic mass is 15.0. The van der Waals surface area contributed by atoms with Crippen molar-refractivity contribution in [3.8, 4) is 0 Å². The lowest BCUT2D eigenvalue weighted by molar-refractivity contribution is 0.474. The molecule has 0 fully saturated rings. The van der Waals surface area contributed by atoms with Gasteiger partial charge in [0.15, 0.2) is 0 Å². The van der Waals surface area contributed by atoms with E-state index in [0.717, 1.165) is 19.4 Å². The van der Waals surface area contributed by atoms with Crippen LogP contribution in [0.1, 0.15) is 51.1 Å². The largest absolute Gasteiger partial charge is 0.349 e. The zero-order valence-corrected chi connectivity index (χ0v) is 12.3. The summed E-state index contributed by atoms with van der Waals surface area (Å²) < 4.78 is 2.43. The highest BCUT2D eigenvalue weighted by molar-refractivity contribution is 5.27. The molecule has 0 atom stereocenters. The fourth-order valence-electron chi connectivity index (χ4n) is 2.23. The smallest absolute Gasteiger partial charge is 0.0247 e. The van der Waals surface area contributed by atoms with Gasteiger partial charge in [-0.3, -0.25) is 0 Å². The number of aryl methyl sites for hydroxylation is 2. The summed E-state index contributed by atoms with van der Waals surface area (Å²) in [6.45, 7) is 14.3. The van der Waals surface area contributed by atoms with E-state index in [2.05, 4.69) is 52.2 Å². The quantitative estimate of drug-likeness (QED) is 0.834. The predicted octanol–water partition coefficient (Wildman–Crippen LogP) is 3.43. The van der Waals surface area contributed by atoms with Crippen LogP contribution >= 0.6 is 0 Å². The Kier molecular flexibility index (Phi) is 4.42. The van der Waals surface area contributed by atoms with Crippen molar-refractivity contribution in [2.45, 2.75) is 66.5 Å². The maximum Gasteiger partial charge on any atom is 0.0247 e. The van der Waals surface area contributed by atoms with E-state index in [9.17, 15) is 0 Å². The van der Waals surface area contributed by atoms with Gasteiger partial charge < -0.3 is 10.3 Å². The zero-order valence-electron chi connectivity index (χ0n) is 12.3. The molecule has 2 nitrogen and oxygen atoms in total. The van der Waals surface area contributed by atoms with Crippen LogP contribution < -0.4 is 5.73 Å². The molecule has 0 aliphatic heterocycles. The third-order valence-electron chi connectivity index (χ3n) is 3.26. The van der Waals surface area contributed by atoms with Crippen LogP contribution in [0.3, 0.4) is 0 Å². The van der Waals surface area contributed by atoms with Crippen LogP contribution in [0.2, 0.25) is 0 Å². The van der Waals surface area contributed by atoms with Crippen molar-refractivity contribution in [2.75, 3.05) is 0 Å². The van der Waals surface area contributed by atoms with Crippen molar-refractivity contribution in [1.82, 2.24) is 4.57 Å². The zero-order chi connectivity index (χ0) is 13.2. The van der Waals surface area contributed by atoms with Crippen molar-refractivity contribution < 1.29 is 0 Å². The molecule has 17 heavy (non-hydrogen) atoms. The lowest BCUT2D eigenvalue weighted by Crippen LogP contribution is -2.32. The molecule has 0 spiro atoms. The number of nitrogens with zero attached hydrogens (tertiary/aromatic N) is 1. The first kappa shape index (κ1) is 14.3. The SMILES string of the molecule is Cc1cc(CCC(C)(C)N)c(C)n1CC(C)C. The average Bonchev–Trinajstić information content (AvgIpc) is 2.41. The molecule has 2 N–H and O–H groups in total. The van der Waals surface area contributed by atoms with Gasteiger partial charge in [-0.05, 0) is 58.1 Å². The molecule has 0 aliphatic carbocycles. The van der Waals surface area contributed by atoms with E-state index in [-0.39, 0.29) is 5.54 Å². The third kappa shape index (κ3) is 4.19. The first-order valence-electron chi connectivity index (χ1n) is 6.65. The molecule has 0 bridgehead atoms. The fraction of sp³-hybridized carbons (Fsp3) is 0.733.